The monoisotopic (exact) mass is 287 g/mol. The summed E-state index contributed by atoms with van der Waals surface area (Å²) in [6.07, 6.45) is -0.0122. The molecule has 1 aliphatic carbocycles. The van der Waals surface area contributed by atoms with Gasteiger partial charge in [0.15, 0.2) is 0 Å². The van der Waals surface area contributed by atoms with Gasteiger partial charge in [-0.25, -0.2) is 4.98 Å². The summed E-state index contributed by atoms with van der Waals surface area (Å²) in [5.74, 6) is 1.24. The molecule has 0 saturated heterocycles. The number of nitrogens with one attached hydrogen (secondary N) is 2. The molecule has 1 fully saturated rings. The maximum atomic E-state index is 12.8. The van der Waals surface area contributed by atoms with E-state index in [0.29, 0.717) is 0 Å². The first kappa shape index (κ1) is 14.9. The number of rotatable bonds is 6. The smallest absolute Gasteiger partial charge is 0.373 e. The summed E-state index contributed by atoms with van der Waals surface area (Å²) in [5, 5.41) is 5.81. The van der Waals surface area contributed by atoms with Gasteiger partial charge < -0.3 is 10.6 Å². The van der Waals surface area contributed by atoms with Crippen LogP contribution in [0.3, 0.4) is 0 Å². The normalized spacial score (nSPS) is 16.9. The van der Waals surface area contributed by atoms with Crippen molar-refractivity contribution in [1.29, 1.82) is 0 Å². The topological polar surface area (TPSA) is 37.0 Å². The lowest BCUT2D eigenvalue weighted by molar-refractivity contribution is -0.137. The van der Waals surface area contributed by atoms with Gasteiger partial charge >= 0.3 is 6.18 Å². The number of hydrogen-bond donors (Lipinski definition) is 2. The van der Waals surface area contributed by atoms with Crippen LogP contribution in [0.15, 0.2) is 12.1 Å². The number of nitrogens with zero attached hydrogens (tertiary/aromatic N) is 1. The van der Waals surface area contributed by atoms with Crippen molar-refractivity contribution in [3.63, 3.8) is 0 Å². The third-order valence-corrected chi connectivity index (χ3v) is 3.57. The maximum Gasteiger partial charge on any atom is 0.416 e. The van der Waals surface area contributed by atoms with Crippen molar-refractivity contribution in [2.45, 2.75) is 44.8 Å². The molecule has 1 aliphatic rings. The number of aromatic nitrogens is 1. The van der Waals surface area contributed by atoms with Crippen molar-refractivity contribution in [3.05, 3.63) is 17.7 Å². The van der Waals surface area contributed by atoms with Gasteiger partial charge in [0.25, 0.3) is 0 Å². The molecule has 0 aromatic carbocycles. The highest BCUT2D eigenvalue weighted by atomic mass is 19.4. The first-order valence-electron chi connectivity index (χ1n) is 6.96. The number of halogens is 3. The van der Waals surface area contributed by atoms with Crippen LogP contribution in [0.2, 0.25) is 0 Å². The van der Waals surface area contributed by atoms with Gasteiger partial charge in [0.1, 0.15) is 11.6 Å². The Labute approximate surface area is 117 Å². The highest BCUT2D eigenvalue weighted by molar-refractivity contribution is 5.50. The molecular weight excluding hydrogens is 267 g/mol. The SMILES string of the molecule is CCC(CC1CC1)Nc1cc(C(F)(F)F)cc(NC)n1. The summed E-state index contributed by atoms with van der Waals surface area (Å²) < 4.78 is 38.5. The molecule has 3 nitrogen and oxygen atoms in total. The fraction of sp³-hybridized carbons (Fsp3) is 0.643. The van der Waals surface area contributed by atoms with E-state index in [-0.39, 0.29) is 17.7 Å². The van der Waals surface area contributed by atoms with Gasteiger partial charge in [-0.15, -0.1) is 0 Å². The minimum absolute atomic E-state index is 0.184. The van der Waals surface area contributed by atoms with E-state index in [9.17, 15) is 13.2 Å². The number of anilines is 2. The summed E-state index contributed by atoms with van der Waals surface area (Å²) in [7, 11) is 1.56. The molecule has 6 heteroatoms. The minimum atomic E-state index is -4.36. The fourth-order valence-corrected chi connectivity index (χ4v) is 2.19. The first-order chi connectivity index (χ1) is 9.42. The fourth-order valence-electron chi connectivity index (χ4n) is 2.19. The Balaban J connectivity index is 2.16. The first-order valence-corrected chi connectivity index (χ1v) is 6.96. The molecule has 1 saturated carbocycles. The molecule has 0 amide bonds. The summed E-state index contributed by atoms with van der Waals surface area (Å²) in [6, 6.07) is 2.28. The zero-order chi connectivity index (χ0) is 14.8. The van der Waals surface area contributed by atoms with Crippen molar-refractivity contribution >= 4 is 11.6 Å². The van der Waals surface area contributed by atoms with Crippen molar-refractivity contribution < 1.29 is 13.2 Å². The van der Waals surface area contributed by atoms with Gasteiger partial charge in [-0.3, -0.25) is 0 Å². The molecular formula is C14H20F3N3. The lowest BCUT2D eigenvalue weighted by Gasteiger charge is -2.19. The Bertz CT molecular complexity index is 455. The van der Waals surface area contributed by atoms with Crippen LogP contribution in [-0.2, 0) is 6.18 Å². The predicted octanol–water partition coefficient (Wildman–Crippen LogP) is 4.13. The van der Waals surface area contributed by atoms with Crippen molar-refractivity contribution in [2.24, 2.45) is 5.92 Å². The zero-order valence-electron chi connectivity index (χ0n) is 11.7. The number of pyridine rings is 1. The molecule has 0 radical (unpaired) electrons. The standard InChI is InChI=1S/C14H20F3N3/c1-3-11(6-9-4-5-9)19-13-8-10(14(15,16)17)7-12(18-2)20-13/h7-9,11H,3-6H2,1-2H3,(H2,18,19,20). The Morgan fingerprint density at radius 1 is 1.30 bits per heavy atom. The molecule has 1 atom stereocenters. The average Bonchev–Trinajstić information content (AvgIpc) is 3.20. The van der Waals surface area contributed by atoms with E-state index < -0.39 is 11.7 Å². The van der Waals surface area contributed by atoms with Crippen molar-refractivity contribution in [1.82, 2.24) is 4.98 Å². The third kappa shape index (κ3) is 4.02. The van der Waals surface area contributed by atoms with E-state index in [1.807, 2.05) is 6.92 Å². The van der Waals surface area contributed by atoms with Gasteiger partial charge in [-0.1, -0.05) is 19.8 Å². The van der Waals surface area contributed by atoms with E-state index in [1.54, 1.807) is 7.05 Å². The Morgan fingerprint density at radius 3 is 2.45 bits per heavy atom. The molecule has 2 N–H and O–H groups in total. The summed E-state index contributed by atoms with van der Waals surface area (Å²) in [4.78, 5) is 4.16. The van der Waals surface area contributed by atoms with Crippen LogP contribution in [0.1, 0.15) is 38.2 Å². The summed E-state index contributed by atoms with van der Waals surface area (Å²) in [6.45, 7) is 2.03. The Kier molecular flexibility index (Phi) is 4.40. The highest BCUT2D eigenvalue weighted by Crippen LogP contribution is 2.35. The Hall–Kier alpha value is -1.46. The molecule has 0 bridgehead atoms. The van der Waals surface area contributed by atoms with E-state index in [4.69, 9.17) is 0 Å². The summed E-state index contributed by atoms with van der Waals surface area (Å²) >= 11 is 0. The molecule has 1 unspecified atom stereocenters. The van der Waals surface area contributed by atoms with Gasteiger partial charge in [-0.2, -0.15) is 13.2 Å². The lowest BCUT2D eigenvalue weighted by Crippen LogP contribution is -2.20. The molecule has 1 heterocycles. The highest BCUT2D eigenvalue weighted by Gasteiger charge is 2.32. The van der Waals surface area contributed by atoms with Crippen LogP contribution in [0, 0.1) is 5.92 Å². The molecule has 1 aromatic heterocycles. The van der Waals surface area contributed by atoms with Crippen LogP contribution < -0.4 is 10.6 Å². The van der Waals surface area contributed by atoms with Gasteiger partial charge in [-0.05, 0) is 30.9 Å². The second kappa shape index (κ2) is 5.89. The van der Waals surface area contributed by atoms with E-state index in [2.05, 4.69) is 15.6 Å². The second-order valence-electron chi connectivity index (χ2n) is 5.30. The Morgan fingerprint density at radius 2 is 1.95 bits per heavy atom. The van der Waals surface area contributed by atoms with Crippen LogP contribution in [-0.4, -0.2) is 18.1 Å². The second-order valence-corrected chi connectivity index (χ2v) is 5.30. The van der Waals surface area contributed by atoms with Crippen LogP contribution in [0.5, 0.6) is 0 Å². The van der Waals surface area contributed by atoms with Gasteiger partial charge in [0, 0.05) is 13.1 Å². The summed E-state index contributed by atoms with van der Waals surface area (Å²) in [5.41, 5.74) is -0.680. The number of alkyl halides is 3. The van der Waals surface area contributed by atoms with Crippen molar-refractivity contribution in [2.75, 3.05) is 17.7 Å². The van der Waals surface area contributed by atoms with Crippen molar-refractivity contribution in [3.8, 4) is 0 Å². The molecule has 20 heavy (non-hydrogen) atoms. The van der Waals surface area contributed by atoms with Gasteiger partial charge in [0.05, 0.1) is 5.56 Å². The van der Waals surface area contributed by atoms with Crippen LogP contribution >= 0.6 is 0 Å². The zero-order valence-corrected chi connectivity index (χ0v) is 11.7. The average molecular weight is 287 g/mol. The van der Waals surface area contributed by atoms with E-state index in [1.165, 1.54) is 12.8 Å². The quantitative estimate of drug-likeness (QED) is 0.826. The van der Waals surface area contributed by atoms with Crippen LogP contribution in [0.25, 0.3) is 0 Å². The molecule has 1 aromatic rings. The van der Waals surface area contributed by atoms with E-state index in [0.717, 1.165) is 30.9 Å². The van der Waals surface area contributed by atoms with Gasteiger partial charge in [0.2, 0.25) is 0 Å². The largest absolute Gasteiger partial charge is 0.416 e. The third-order valence-electron chi connectivity index (χ3n) is 3.57. The minimum Gasteiger partial charge on any atom is -0.373 e. The lowest BCUT2D eigenvalue weighted by atomic mass is 10.1. The van der Waals surface area contributed by atoms with E-state index >= 15 is 0 Å². The maximum absolute atomic E-state index is 12.8. The predicted molar refractivity (Wildman–Crippen MR) is 73.8 cm³/mol. The molecule has 2 rings (SSSR count). The molecule has 0 spiro atoms. The number of hydrogen-bond acceptors (Lipinski definition) is 3. The van der Waals surface area contributed by atoms with Crippen LogP contribution in [0.4, 0.5) is 24.8 Å². The molecule has 112 valence electrons. The molecule has 0 aliphatic heterocycles.